The van der Waals surface area contributed by atoms with Gasteiger partial charge in [-0.2, -0.15) is 0 Å². The number of rotatable bonds is 4. The van der Waals surface area contributed by atoms with Gasteiger partial charge in [0.2, 0.25) is 5.91 Å². The highest BCUT2D eigenvalue weighted by Crippen LogP contribution is 2.41. The van der Waals surface area contributed by atoms with Gasteiger partial charge >= 0.3 is 0 Å². The van der Waals surface area contributed by atoms with E-state index >= 15 is 0 Å². The van der Waals surface area contributed by atoms with E-state index in [0.717, 1.165) is 32.2 Å². The molecule has 24 heavy (non-hydrogen) atoms. The number of halogens is 1. The normalized spacial score (nSPS) is 25.8. The third-order valence-corrected chi connectivity index (χ3v) is 5.88. The second kappa shape index (κ2) is 8.35. The van der Waals surface area contributed by atoms with Crippen molar-refractivity contribution >= 4 is 18.3 Å². The van der Waals surface area contributed by atoms with Crippen LogP contribution >= 0.6 is 12.4 Å². The number of benzene rings is 1. The molecule has 0 bridgehead atoms. The molecule has 2 unspecified atom stereocenters. The fourth-order valence-electron chi connectivity index (χ4n) is 4.46. The highest BCUT2D eigenvalue weighted by Gasteiger charge is 2.36. The molecule has 1 aromatic carbocycles. The third-order valence-electron chi connectivity index (χ3n) is 5.88. The van der Waals surface area contributed by atoms with E-state index in [1.165, 1.54) is 36.8 Å². The molecule has 2 aliphatic rings. The van der Waals surface area contributed by atoms with Crippen LogP contribution in [-0.4, -0.2) is 18.5 Å². The zero-order valence-corrected chi connectivity index (χ0v) is 15.5. The molecule has 3 rings (SSSR count). The summed E-state index contributed by atoms with van der Waals surface area (Å²) in [5.74, 6) is 0.341. The van der Waals surface area contributed by atoms with E-state index in [-0.39, 0.29) is 35.7 Å². The van der Waals surface area contributed by atoms with Gasteiger partial charge in [-0.05, 0) is 44.6 Å². The van der Waals surface area contributed by atoms with Crippen molar-refractivity contribution in [1.82, 2.24) is 5.32 Å². The first kappa shape index (κ1) is 19.3. The maximum absolute atomic E-state index is 12.6. The van der Waals surface area contributed by atoms with Crippen LogP contribution in [0.15, 0.2) is 24.3 Å². The fraction of sp³-hybridized carbons (Fsp3) is 0.650. The Hall–Kier alpha value is -1.06. The van der Waals surface area contributed by atoms with Gasteiger partial charge in [-0.3, -0.25) is 4.79 Å². The molecule has 2 aliphatic carbocycles. The summed E-state index contributed by atoms with van der Waals surface area (Å²) in [6, 6.07) is 9.03. The van der Waals surface area contributed by atoms with Crippen molar-refractivity contribution < 1.29 is 4.79 Å². The largest absolute Gasteiger partial charge is 0.355 e. The second-order valence-electron chi connectivity index (χ2n) is 7.70. The number of carbonyl (C=O) groups is 1. The maximum Gasteiger partial charge on any atom is 0.223 e. The number of hydrogen-bond acceptors (Lipinski definition) is 2. The molecule has 0 spiro atoms. The van der Waals surface area contributed by atoms with Crippen molar-refractivity contribution in [3.63, 3.8) is 0 Å². The van der Waals surface area contributed by atoms with Crippen LogP contribution in [0.4, 0.5) is 0 Å². The lowest BCUT2D eigenvalue weighted by Gasteiger charge is -2.32. The molecule has 0 heterocycles. The van der Waals surface area contributed by atoms with Crippen molar-refractivity contribution in [2.24, 2.45) is 11.7 Å². The topological polar surface area (TPSA) is 55.1 Å². The SMILES string of the molecule is Cc1cccc(C2(CNC(=O)C3CCCC(N)C3)CCCC2)c1.Cl. The van der Waals surface area contributed by atoms with E-state index in [1.807, 2.05) is 0 Å². The van der Waals surface area contributed by atoms with E-state index in [1.54, 1.807) is 0 Å². The van der Waals surface area contributed by atoms with Crippen LogP contribution in [0.25, 0.3) is 0 Å². The van der Waals surface area contributed by atoms with Gasteiger partial charge in [0.05, 0.1) is 0 Å². The number of carbonyl (C=O) groups excluding carboxylic acids is 1. The van der Waals surface area contributed by atoms with Gasteiger partial charge < -0.3 is 11.1 Å². The summed E-state index contributed by atoms with van der Waals surface area (Å²) in [5.41, 5.74) is 8.88. The Morgan fingerprint density at radius 1 is 1.25 bits per heavy atom. The van der Waals surface area contributed by atoms with E-state index in [9.17, 15) is 4.79 Å². The van der Waals surface area contributed by atoms with Crippen molar-refractivity contribution in [2.75, 3.05) is 6.54 Å². The molecule has 134 valence electrons. The zero-order chi connectivity index (χ0) is 16.3. The molecule has 3 nitrogen and oxygen atoms in total. The van der Waals surface area contributed by atoms with Gasteiger partial charge in [-0.15, -0.1) is 12.4 Å². The van der Waals surface area contributed by atoms with E-state index < -0.39 is 0 Å². The lowest BCUT2D eigenvalue weighted by molar-refractivity contribution is -0.126. The first-order chi connectivity index (χ1) is 11.1. The highest BCUT2D eigenvalue weighted by atomic mass is 35.5. The highest BCUT2D eigenvalue weighted by molar-refractivity contribution is 5.85. The Kier molecular flexibility index (Phi) is 6.70. The van der Waals surface area contributed by atoms with Crippen LogP contribution in [0, 0.1) is 12.8 Å². The van der Waals surface area contributed by atoms with Crippen LogP contribution < -0.4 is 11.1 Å². The number of hydrogen-bond donors (Lipinski definition) is 2. The summed E-state index contributed by atoms with van der Waals surface area (Å²) in [5, 5.41) is 3.28. The monoisotopic (exact) mass is 350 g/mol. The summed E-state index contributed by atoms with van der Waals surface area (Å²) in [6.07, 6.45) is 8.89. The molecule has 0 aromatic heterocycles. The molecule has 0 saturated heterocycles. The summed E-state index contributed by atoms with van der Waals surface area (Å²) in [4.78, 5) is 12.6. The summed E-state index contributed by atoms with van der Waals surface area (Å²) < 4.78 is 0. The molecule has 0 radical (unpaired) electrons. The Bertz CT molecular complexity index is 554. The van der Waals surface area contributed by atoms with Gasteiger partial charge in [0.25, 0.3) is 0 Å². The first-order valence-electron chi connectivity index (χ1n) is 9.19. The minimum Gasteiger partial charge on any atom is -0.355 e. The average molecular weight is 351 g/mol. The van der Waals surface area contributed by atoms with Gasteiger partial charge in [-0.1, -0.05) is 49.1 Å². The van der Waals surface area contributed by atoms with Crippen LogP contribution in [0.5, 0.6) is 0 Å². The minimum atomic E-state index is 0. The van der Waals surface area contributed by atoms with Gasteiger partial charge in [0.1, 0.15) is 0 Å². The number of aryl methyl sites for hydroxylation is 1. The van der Waals surface area contributed by atoms with Crippen molar-refractivity contribution in [2.45, 2.75) is 69.7 Å². The Balaban J connectivity index is 0.00000208. The second-order valence-corrected chi connectivity index (χ2v) is 7.70. The molecule has 2 fully saturated rings. The lowest BCUT2D eigenvalue weighted by Crippen LogP contribution is -2.43. The molecule has 0 aliphatic heterocycles. The molecular weight excluding hydrogens is 320 g/mol. The Morgan fingerprint density at radius 3 is 2.67 bits per heavy atom. The van der Waals surface area contributed by atoms with Crippen molar-refractivity contribution in [3.05, 3.63) is 35.4 Å². The number of nitrogens with one attached hydrogen (secondary N) is 1. The Morgan fingerprint density at radius 2 is 2.00 bits per heavy atom. The van der Waals surface area contributed by atoms with E-state index in [4.69, 9.17) is 5.73 Å². The zero-order valence-electron chi connectivity index (χ0n) is 14.7. The smallest absolute Gasteiger partial charge is 0.223 e. The van der Waals surface area contributed by atoms with Gasteiger partial charge in [0, 0.05) is 23.9 Å². The average Bonchev–Trinajstić information content (AvgIpc) is 3.03. The first-order valence-corrected chi connectivity index (χ1v) is 9.19. The maximum atomic E-state index is 12.6. The predicted molar refractivity (Wildman–Crippen MR) is 102 cm³/mol. The number of nitrogens with two attached hydrogens (primary N) is 1. The summed E-state index contributed by atoms with van der Waals surface area (Å²) in [7, 11) is 0. The number of amides is 1. The molecule has 1 amide bonds. The fourth-order valence-corrected chi connectivity index (χ4v) is 4.46. The van der Waals surface area contributed by atoms with Crippen molar-refractivity contribution in [1.29, 1.82) is 0 Å². The van der Waals surface area contributed by atoms with Crippen LogP contribution in [0.2, 0.25) is 0 Å². The molecule has 1 aromatic rings. The van der Waals surface area contributed by atoms with Crippen LogP contribution in [-0.2, 0) is 10.2 Å². The minimum absolute atomic E-state index is 0. The molecule has 4 heteroatoms. The molecule has 2 atom stereocenters. The molecule has 2 saturated carbocycles. The standard InChI is InChI=1S/C20H30N2O.ClH/c1-15-6-4-8-17(12-15)20(10-2-3-11-20)14-22-19(23)16-7-5-9-18(21)13-16;/h4,6,8,12,16,18H,2-3,5,7,9-11,13-14,21H2,1H3,(H,22,23);1H. The summed E-state index contributed by atoms with van der Waals surface area (Å²) in [6.45, 7) is 2.93. The third kappa shape index (κ3) is 4.31. The lowest BCUT2D eigenvalue weighted by atomic mass is 9.78. The predicted octanol–water partition coefficient (Wildman–Crippen LogP) is 3.86. The quantitative estimate of drug-likeness (QED) is 0.866. The van der Waals surface area contributed by atoms with Crippen molar-refractivity contribution in [3.8, 4) is 0 Å². The Labute approximate surface area is 152 Å². The molecule has 3 N–H and O–H groups in total. The molecular formula is C20H31ClN2O. The van der Waals surface area contributed by atoms with E-state index in [0.29, 0.717) is 0 Å². The van der Waals surface area contributed by atoms with Crippen LogP contribution in [0.1, 0.15) is 62.5 Å². The van der Waals surface area contributed by atoms with Gasteiger partial charge in [0.15, 0.2) is 0 Å². The van der Waals surface area contributed by atoms with Crippen LogP contribution in [0.3, 0.4) is 0 Å². The van der Waals surface area contributed by atoms with E-state index in [2.05, 4.69) is 36.5 Å². The summed E-state index contributed by atoms with van der Waals surface area (Å²) >= 11 is 0. The van der Waals surface area contributed by atoms with Gasteiger partial charge in [-0.25, -0.2) is 0 Å².